The van der Waals surface area contributed by atoms with Crippen LogP contribution in [0.5, 0.6) is 0 Å². The number of likely N-dealkylation sites (tertiary alicyclic amines) is 1. The maximum atomic E-state index is 13.4. The number of amides is 1. The molecule has 30 heavy (non-hydrogen) atoms. The Balaban J connectivity index is 1.30. The van der Waals surface area contributed by atoms with Crippen molar-refractivity contribution in [3.63, 3.8) is 0 Å². The second kappa shape index (κ2) is 7.95. The van der Waals surface area contributed by atoms with Crippen LogP contribution in [-0.2, 0) is 4.79 Å². The number of hydrogen-bond donors (Lipinski definition) is 0. The Morgan fingerprint density at radius 2 is 1.97 bits per heavy atom. The summed E-state index contributed by atoms with van der Waals surface area (Å²) in [5, 5.41) is 1.18. The molecule has 0 N–H and O–H groups in total. The summed E-state index contributed by atoms with van der Waals surface area (Å²) in [5.74, 6) is 1.44. The fourth-order valence-corrected chi connectivity index (χ4v) is 5.92. The Labute approximate surface area is 181 Å². The van der Waals surface area contributed by atoms with E-state index in [-0.39, 0.29) is 12.0 Å². The quantitative estimate of drug-likeness (QED) is 0.632. The van der Waals surface area contributed by atoms with Crippen molar-refractivity contribution < 1.29 is 4.79 Å². The summed E-state index contributed by atoms with van der Waals surface area (Å²) in [5.41, 5.74) is 2.44. The topological polar surface area (TPSA) is 62.2 Å². The van der Waals surface area contributed by atoms with Crippen LogP contribution in [0.25, 0.3) is 10.2 Å². The molecule has 0 saturated carbocycles. The third-order valence-electron chi connectivity index (χ3n) is 6.69. The summed E-state index contributed by atoms with van der Waals surface area (Å²) in [6, 6.07) is 4.24. The minimum absolute atomic E-state index is 0.0983. The molecule has 3 aromatic rings. The van der Waals surface area contributed by atoms with E-state index in [9.17, 15) is 4.79 Å². The average Bonchev–Trinajstić information content (AvgIpc) is 3.39. The average molecular weight is 422 g/mol. The van der Waals surface area contributed by atoms with Crippen molar-refractivity contribution >= 4 is 33.3 Å². The second-order valence-electron chi connectivity index (χ2n) is 8.40. The van der Waals surface area contributed by atoms with E-state index in [1.165, 1.54) is 15.8 Å². The highest BCUT2D eigenvalue weighted by Gasteiger charge is 2.36. The molecule has 156 valence electrons. The van der Waals surface area contributed by atoms with Crippen LogP contribution >= 0.6 is 11.3 Å². The number of carbonyl (C=O) groups is 1. The minimum Gasteiger partial charge on any atom is -0.356 e. The molecular formula is C23H27N5OS. The van der Waals surface area contributed by atoms with Crippen LogP contribution in [0.4, 0.5) is 5.82 Å². The van der Waals surface area contributed by atoms with Crippen LogP contribution in [0.2, 0.25) is 0 Å². The van der Waals surface area contributed by atoms with Gasteiger partial charge in [0.25, 0.3) is 0 Å². The molecule has 0 radical (unpaired) electrons. The highest BCUT2D eigenvalue weighted by Crippen LogP contribution is 2.37. The molecule has 0 aliphatic carbocycles. The highest BCUT2D eigenvalue weighted by atomic mass is 32.1. The molecule has 1 amide bonds. The third-order valence-corrected chi connectivity index (χ3v) is 7.81. The summed E-state index contributed by atoms with van der Waals surface area (Å²) in [6.45, 7) is 6.89. The van der Waals surface area contributed by atoms with Gasteiger partial charge in [0.05, 0.1) is 11.4 Å². The number of pyridine rings is 1. The van der Waals surface area contributed by atoms with E-state index in [1.54, 1.807) is 23.9 Å². The monoisotopic (exact) mass is 421 g/mol. The van der Waals surface area contributed by atoms with E-state index in [0.717, 1.165) is 61.5 Å². The van der Waals surface area contributed by atoms with Crippen molar-refractivity contribution in [2.24, 2.45) is 5.92 Å². The van der Waals surface area contributed by atoms with Crippen LogP contribution in [0, 0.1) is 19.8 Å². The van der Waals surface area contributed by atoms with Crippen LogP contribution in [0.15, 0.2) is 30.9 Å². The normalized spacial score (nSPS) is 20.3. The lowest BCUT2D eigenvalue weighted by Crippen LogP contribution is -2.42. The van der Waals surface area contributed by atoms with Crippen LogP contribution < -0.4 is 4.90 Å². The molecule has 5 heterocycles. The van der Waals surface area contributed by atoms with Gasteiger partial charge in [0.2, 0.25) is 5.91 Å². The van der Waals surface area contributed by atoms with E-state index in [4.69, 9.17) is 0 Å². The van der Waals surface area contributed by atoms with Crippen molar-refractivity contribution in [2.45, 2.75) is 45.6 Å². The molecule has 0 spiro atoms. The molecule has 0 bridgehead atoms. The first kappa shape index (κ1) is 19.4. The molecule has 2 saturated heterocycles. The van der Waals surface area contributed by atoms with Gasteiger partial charge in [-0.1, -0.05) is 6.07 Å². The van der Waals surface area contributed by atoms with E-state index in [0.29, 0.717) is 5.91 Å². The number of piperidine rings is 1. The molecule has 0 aromatic carbocycles. The van der Waals surface area contributed by atoms with E-state index in [1.807, 2.05) is 12.3 Å². The SMILES string of the molecule is Cc1sc2ncnc(N3CCC(C(=O)N4CCCC4c4cccnc4)CC3)c2c1C. The first-order chi connectivity index (χ1) is 14.6. The van der Waals surface area contributed by atoms with Gasteiger partial charge in [0.15, 0.2) is 0 Å². The van der Waals surface area contributed by atoms with Crippen molar-refractivity contribution in [3.05, 3.63) is 46.9 Å². The Morgan fingerprint density at radius 3 is 2.73 bits per heavy atom. The zero-order chi connectivity index (χ0) is 20.7. The first-order valence-electron chi connectivity index (χ1n) is 10.8. The van der Waals surface area contributed by atoms with Crippen molar-refractivity contribution in [1.82, 2.24) is 19.9 Å². The van der Waals surface area contributed by atoms with Gasteiger partial charge < -0.3 is 9.80 Å². The molecule has 2 aliphatic rings. The smallest absolute Gasteiger partial charge is 0.226 e. The molecule has 7 heteroatoms. The fourth-order valence-electron chi connectivity index (χ4n) is 4.93. The van der Waals surface area contributed by atoms with Crippen LogP contribution in [0.1, 0.15) is 47.7 Å². The summed E-state index contributed by atoms with van der Waals surface area (Å²) in [7, 11) is 0. The Hall–Kier alpha value is -2.54. The van der Waals surface area contributed by atoms with Gasteiger partial charge in [-0.15, -0.1) is 11.3 Å². The summed E-state index contributed by atoms with van der Waals surface area (Å²) in [6.07, 6.45) is 9.23. The van der Waals surface area contributed by atoms with Gasteiger partial charge in [0, 0.05) is 42.8 Å². The number of nitrogens with zero attached hydrogens (tertiary/aromatic N) is 5. The standard InChI is InChI=1S/C23H27N5OS/c1-15-16(2)30-22-20(15)21(25-14-26-22)27-11-7-17(8-12-27)23(29)28-10-4-6-19(28)18-5-3-9-24-13-18/h3,5,9,13-14,17,19H,4,6-8,10-12H2,1-2H3. The number of thiophene rings is 1. The molecule has 1 unspecified atom stereocenters. The van der Waals surface area contributed by atoms with Crippen LogP contribution in [-0.4, -0.2) is 45.4 Å². The van der Waals surface area contributed by atoms with E-state index < -0.39 is 0 Å². The van der Waals surface area contributed by atoms with Crippen molar-refractivity contribution in [2.75, 3.05) is 24.5 Å². The summed E-state index contributed by atoms with van der Waals surface area (Å²) < 4.78 is 0. The van der Waals surface area contributed by atoms with Crippen molar-refractivity contribution in [3.8, 4) is 0 Å². The van der Waals surface area contributed by atoms with Crippen LogP contribution in [0.3, 0.4) is 0 Å². The van der Waals surface area contributed by atoms with Gasteiger partial charge in [0.1, 0.15) is 17.0 Å². The zero-order valence-corrected chi connectivity index (χ0v) is 18.4. The fraction of sp³-hybridized carbons (Fsp3) is 0.478. The number of hydrogen-bond acceptors (Lipinski definition) is 6. The Kier molecular flexibility index (Phi) is 5.15. The summed E-state index contributed by atoms with van der Waals surface area (Å²) >= 11 is 1.73. The molecule has 6 nitrogen and oxygen atoms in total. The molecule has 5 rings (SSSR count). The lowest BCUT2D eigenvalue weighted by Gasteiger charge is -2.35. The first-order valence-corrected chi connectivity index (χ1v) is 11.6. The van der Waals surface area contributed by atoms with E-state index in [2.05, 4.69) is 44.7 Å². The van der Waals surface area contributed by atoms with Gasteiger partial charge in [-0.3, -0.25) is 9.78 Å². The molecule has 1 atom stereocenters. The number of rotatable bonds is 3. The van der Waals surface area contributed by atoms with Crippen molar-refractivity contribution in [1.29, 1.82) is 0 Å². The number of carbonyl (C=O) groups excluding carboxylic acids is 1. The predicted molar refractivity (Wildman–Crippen MR) is 120 cm³/mol. The summed E-state index contributed by atoms with van der Waals surface area (Å²) in [4.78, 5) is 33.5. The number of fused-ring (bicyclic) bond motifs is 1. The largest absolute Gasteiger partial charge is 0.356 e. The third kappa shape index (κ3) is 3.35. The molecular weight excluding hydrogens is 394 g/mol. The van der Waals surface area contributed by atoms with Gasteiger partial charge >= 0.3 is 0 Å². The highest BCUT2D eigenvalue weighted by molar-refractivity contribution is 7.18. The second-order valence-corrected chi connectivity index (χ2v) is 9.60. The minimum atomic E-state index is 0.0983. The lowest BCUT2D eigenvalue weighted by molar-refractivity contribution is -0.137. The zero-order valence-electron chi connectivity index (χ0n) is 17.5. The number of aromatic nitrogens is 3. The molecule has 2 aliphatic heterocycles. The maximum Gasteiger partial charge on any atom is 0.226 e. The number of aryl methyl sites for hydroxylation is 2. The van der Waals surface area contributed by atoms with Gasteiger partial charge in [-0.05, 0) is 56.7 Å². The number of anilines is 1. The lowest BCUT2D eigenvalue weighted by atomic mass is 9.94. The van der Waals surface area contributed by atoms with Gasteiger partial charge in [-0.25, -0.2) is 9.97 Å². The van der Waals surface area contributed by atoms with Gasteiger partial charge in [-0.2, -0.15) is 0 Å². The van der Waals surface area contributed by atoms with E-state index >= 15 is 0 Å². The molecule has 3 aromatic heterocycles. The Morgan fingerprint density at radius 1 is 1.13 bits per heavy atom. The Bertz CT molecular complexity index is 1060. The predicted octanol–water partition coefficient (Wildman–Crippen LogP) is 4.28. The maximum absolute atomic E-state index is 13.4. The molecule has 2 fully saturated rings.